The molecule has 0 spiro atoms. The van der Waals surface area contributed by atoms with Crippen LogP contribution in [0.3, 0.4) is 0 Å². The van der Waals surface area contributed by atoms with Gasteiger partial charge in [0, 0.05) is 12.1 Å². The van der Waals surface area contributed by atoms with Gasteiger partial charge in [0.2, 0.25) is 0 Å². The van der Waals surface area contributed by atoms with Crippen LogP contribution in [0.1, 0.15) is 38.7 Å². The molecule has 3 rings (SSSR count). The Morgan fingerprint density at radius 1 is 1.13 bits per heavy atom. The van der Waals surface area contributed by atoms with Gasteiger partial charge < -0.3 is 10.6 Å². The van der Waals surface area contributed by atoms with E-state index in [0.29, 0.717) is 12.0 Å². The Balaban J connectivity index is 0.00000132. The first-order valence-electron chi connectivity index (χ1n) is 8.47. The zero-order valence-corrected chi connectivity index (χ0v) is 15.8. The van der Waals surface area contributed by atoms with Gasteiger partial charge in [-0.05, 0) is 49.8 Å². The monoisotopic (exact) mass is 356 g/mol. The highest BCUT2D eigenvalue weighted by atomic mass is 35.5. The summed E-state index contributed by atoms with van der Waals surface area (Å²) in [7, 11) is 0. The van der Waals surface area contributed by atoms with Gasteiger partial charge in [-0.25, -0.2) is 0 Å². The van der Waals surface area contributed by atoms with Gasteiger partial charge in [-0.1, -0.05) is 55.8 Å². The van der Waals surface area contributed by atoms with E-state index in [0.717, 1.165) is 12.0 Å². The van der Waals surface area contributed by atoms with Crippen LogP contribution in [0.25, 0.3) is 6.08 Å². The number of hydrogen-bond donors (Lipinski definition) is 2. The van der Waals surface area contributed by atoms with Crippen molar-refractivity contribution in [2.45, 2.75) is 45.2 Å². The van der Waals surface area contributed by atoms with E-state index in [1.54, 1.807) is 5.57 Å². The molecule has 0 aromatic heterocycles. The number of hydrogen-bond acceptors (Lipinski definition) is 2. The van der Waals surface area contributed by atoms with Crippen molar-refractivity contribution >= 4 is 30.9 Å². The standard InChI is InChI=1S/C19H28N2.2ClH/c1-14(2)17(12-15-6-4-3-5-7-15)18-13-19(18)21-16-8-10-20-11-9-16;;/h3-7,12,14,16,18-21H,8-11,13H2,1-2H3;2*1H. The van der Waals surface area contributed by atoms with E-state index in [2.05, 4.69) is 60.9 Å². The van der Waals surface area contributed by atoms with Crippen LogP contribution in [0, 0.1) is 11.8 Å². The topological polar surface area (TPSA) is 24.1 Å². The second kappa shape index (κ2) is 9.68. The summed E-state index contributed by atoms with van der Waals surface area (Å²) >= 11 is 0. The normalized spacial score (nSPS) is 24.7. The van der Waals surface area contributed by atoms with E-state index in [9.17, 15) is 0 Å². The lowest BCUT2D eigenvalue weighted by Gasteiger charge is -2.24. The summed E-state index contributed by atoms with van der Waals surface area (Å²) in [5.74, 6) is 1.38. The van der Waals surface area contributed by atoms with Crippen molar-refractivity contribution in [3.8, 4) is 0 Å². The van der Waals surface area contributed by atoms with Crippen LogP contribution in [-0.2, 0) is 0 Å². The highest BCUT2D eigenvalue weighted by Gasteiger charge is 2.41. The predicted molar refractivity (Wildman–Crippen MR) is 105 cm³/mol. The maximum atomic E-state index is 3.88. The Morgan fingerprint density at radius 2 is 1.78 bits per heavy atom. The number of halogens is 2. The molecule has 2 aliphatic rings. The molecular weight excluding hydrogens is 327 g/mol. The zero-order valence-electron chi connectivity index (χ0n) is 14.1. The number of rotatable bonds is 5. The van der Waals surface area contributed by atoms with Crippen LogP contribution in [0.15, 0.2) is 35.9 Å². The van der Waals surface area contributed by atoms with E-state index in [4.69, 9.17) is 0 Å². The molecule has 2 unspecified atom stereocenters. The van der Waals surface area contributed by atoms with Crippen LogP contribution >= 0.6 is 24.8 Å². The van der Waals surface area contributed by atoms with Gasteiger partial charge in [-0.2, -0.15) is 0 Å². The Hall–Kier alpha value is -0.540. The zero-order chi connectivity index (χ0) is 14.7. The van der Waals surface area contributed by atoms with E-state index in [1.807, 2.05) is 0 Å². The average Bonchev–Trinajstić information content (AvgIpc) is 3.25. The molecule has 2 nitrogen and oxygen atoms in total. The van der Waals surface area contributed by atoms with Crippen molar-refractivity contribution < 1.29 is 0 Å². The SMILES string of the molecule is CC(C)C(=Cc1ccccc1)C1CC1NC1CCNCC1.Cl.Cl. The van der Waals surface area contributed by atoms with Crippen LogP contribution in [-0.4, -0.2) is 25.2 Å². The molecule has 2 N–H and O–H groups in total. The second-order valence-electron chi connectivity index (χ2n) is 6.85. The lowest BCUT2D eigenvalue weighted by Crippen LogP contribution is -2.41. The molecule has 1 aromatic carbocycles. The summed E-state index contributed by atoms with van der Waals surface area (Å²) in [4.78, 5) is 0. The molecule has 0 amide bonds. The Labute approximate surface area is 153 Å². The van der Waals surface area contributed by atoms with Gasteiger partial charge in [0.1, 0.15) is 0 Å². The smallest absolute Gasteiger partial charge is 0.0142 e. The fraction of sp³-hybridized carbons (Fsp3) is 0.579. The lowest BCUT2D eigenvalue weighted by molar-refractivity contribution is 0.380. The lowest BCUT2D eigenvalue weighted by atomic mass is 9.95. The second-order valence-corrected chi connectivity index (χ2v) is 6.85. The molecule has 0 radical (unpaired) electrons. The van der Waals surface area contributed by atoms with Crippen LogP contribution in [0.2, 0.25) is 0 Å². The van der Waals surface area contributed by atoms with Gasteiger partial charge in [0.05, 0.1) is 0 Å². The maximum Gasteiger partial charge on any atom is 0.0142 e. The first-order chi connectivity index (χ1) is 10.2. The molecule has 1 heterocycles. The molecular formula is C19H30Cl2N2. The predicted octanol–water partition coefficient (Wildman–Crippen LogP) is 4.30. The number of benzene rings is 1. The molecule has 1 aliphatic heterocycles. The molecule has 4 heteroatoms. The summed E-state index contributed by atoms with van der Waals surface area (Å²) in [6.07, 6.45) is 6.30. The van der Waals surface area contributed by atoms with Crippen molar-refractivity contribution in [1.29, 1.82) is 0 Å². The van der Waals surface area contributed by atoms with Crippen LogP contribution in [0.4, 0.5) is 0 Å². The van der Waals surface area contributed by atoms with Crippen molar-refractivity contribution in [3.05, 3.63) is 41.5 Å². The quantitative estimate of drug-likeness (QED) is 0.821. The largest absolute Gasteiger partial charge is 0.317 e. The third-order valence-electron chi connectivity index (χ3n) is 4.81. The van der Waals surface area contributed by atoms with Crippen molar-refractivity contribution in [3.63, 3.8) is 0 Å². The van der Waals surface area contributed by atoms with E-state index >= 15 is 0 Å². The Bertz CT molecular complexity index is 481. The maximum absolute atomic E-state index is 3.88. The third-order valence-corrected chi connectivity index (χ3v) is 4.81. The summed E-state index contributed by atoms with van der Waals surface area (Å²) in [5, 5.41) is 7.33. The van der Waals surface area contributed by atoms with Crippen LogP contribution < -0.4 is 10.6 Å². The summed E-state index contributed by atoms with van der Waals surface area (Å²) in [6, 6.07) is 12.2. The van der Waals surface area contributed by atoms with E-state index in [-0.39, 0.29) is 24.8 Å². The Morgan fingerprint density at radius 3 is 2.39 bits per heavy atom. The van der Waals surface area contributed by atoms with Crippen LogP contribution in [0.5, 0.6) is 0 Å². The van der Waals surface area contributed by atoms with Gasteiger partial charge in [0.15, 0.2) is 0 Å². The van der Waals surface area contributed by atoms with Gasteiger partial charge in [0.25, 0.3) is 0 Å². The fourth-order valence-electron chi connectivity index (χ4n) is 3.48. The molecule has 0 bridgehead atoms. The van der Waals surface area contributed by atoms with Crippen molar-refractivity contribution in [2.75, 3.05) is 13.1 Å². The molecule has 2 atom stereocenters. The van der Waals surface area contributed by atoms with Gasteiger partial charge in [-0.15, -0.1) is 24.8 Å². The first-order valence-corrected chi connectivity index (χ1v) is 8.47. The average molecular weight is 357 g/mol. The fourth-order valence-corrected chi connectivity index (χ4v) is 3.48. The molecule has 1 saturated carbocycles. The molecule has 23 heavy (non-hydrogen) atoms. The number of piperidine rings is 1. The molecule has 1 aromatic rings. The number of nitrogens with one attached hydrogen (secondary N) is 2. The summed E-state index contributed by atoms with van der Waals surface area (Å²) < 4.78 is 0. The van der Waals surface area contributed by atoms with E-state index in [1.165, 1.54) is 37.9 Å². The summed E-state index contributed by atoms with van der Waals surface area (Å²) in [5.41, 5.74) is 2.96. The minimum atomic E-state index is 0. The first kappa shape index (κ1) is 20.5. The summed E-state index contributed by atoms with van der Waals surface area (Å²) in [6.45, 7) is 7.00. The third kappa shape index (κ3) is 5.79. The molecule has 2 fully saturated rings. The van der Waals surface area contributed by atoms with Crippen molar-refractivity contribution in [1.82, 2.24) is 10.6 Å². The van der Waals surface area contributed by atoms with Gasteiger partial charge >= 0.3 is 0 Å². The molecule has 1 aliphatic carbocycles. The van der Waals surface area contributed by atoms with E-state index < -0.39 is 0 Å². The molecule has 130 valence electrons. The Kier molecular flexibility index (Phi) is 8.63. The highest BCUT2D eigenvalue weighted by molar-refractivity contribution is 5.85. The van der Waals surface area contributed by atoms with Gasteiger partial charge in [-0.3, -0.25) is 0 Å². The minimum Gasteiger partial charge on any atom is -0.317 e. The van der Waals surface area contributed by atoms with Crippen molar-refractivity contribution in [2.24, 2.45) is 11.8 Å². The minimum absolute atomic E-state index is 0. The molecule has 1 saturated heterocycles. The highest BCUT2D eigenvalue weighted by Crippen LogP contribution is 2.42.